The average molecular weight is 668 g/mol. The molecular formula is C48H33N3O. The van der Waals surface area contributed by atoms with Crippen molar-refractivity contribution < 1.29 is 4.42 Å². The second kappa shape index (κ2) is 11.7. The second-order valence-corrected chi connectivity index (χ2v) is 14.1. The van der Waals surface area contributed by atoms with Crippen LogP contribution in [0.1, 0.15) is 25.0 Å². The molecular weight excluding hydrogens is 635 g/mol. The molecule has 52 heavy (non-hydrogen) atoms. The van der Waals surface area contributed by atoms with Crippen molar-refractivity contribution in [1.29, 1.82) is 0 Å². The van der Waals surface area contributed by atoms with E-state index in [0.717, 1.165) is 49.8 Å². The lowest BCUT2D eigenvalue weighted by Crippen LogP contribution is -2.14. The van der Waals surface area contributed by atoms with Crippen LogP contribution in [0.4, 0.5) is 0 Å². The van der Waals surface area contributed by atoms with Crippen molar-refractivity contribution in [1.82, 2.24) is 15.0 Å². The minimum Gasteiger partial charge on any atom is -0.456 e. The van der Waals surface area contributed by atoms with Crippen molar-refractivity contribution in [3.63, 3.8) is 0 Å². The van der Waals surface area contributed by atoms with Crippen LogP contribution in [0.2, 0.25) is 0 Å². The zero-order chi connectivity index (χ0) is 34.8. The normalized spacial score (nSPS) is 13.0. The van der Waals surface area contributed by atoms with Crippen LogP contribution in [0.25, 0.3) is 89.5 Å². The molecule has 0 N–H and O–H groups in total. The first-order valence-electron chi connectivity index (χ1n) is 17.7. The fourth-order valence-corrected chi connectivity index (χ4v) is 7.80. The van der Waals surface area contributed by atoms with Gasteiger partial charge in [0.25, 0.3) is 0 Å². The molecule has 0 saturated heterocycles. The summed E-state index contributed by atoms with van der Waals surface area (Å²) in [7, 11) is 0. The Morgan fingerprint density at radius 1 is 0.365 bits per heavy atom. The van der Waals surface area contributed by atoms with E-state index < -0.39 is 0 Å². The first-order valence-corrected chi connectivity index (χ1v) is 17.7. The van der Waals surface area contributed by atoms with Crippen LogP contribution in [0.15, 0.2) is 168 Å². The lowest BCUT2D eigenvalue weighted by atomic mass is 9.82. The Bertz CT molecular complexity index is 2760. The minimum absolute atomic E-state index is 0.131. The fourth-order valence-electron chi connectivity index (χ4n) is 7.80. The van der Waals surface area contributed by atoms with Gasteiger partial charge in [-0.05, 0) is 80.9 Å². The zero-order valence-corrected chi connectivity index (χ0v) is 28.8. The lowest BCUT2D eigenvalue weighted by Gasteiger charge is -2.21. The van der Waals surface area contributed by atoms with Crippen LogP contribution >= 0.6 is 0 Å². The van der Waals surface area contributed by atoms with Gasteiger partial charge in [-0.1, -0.05) is 141 Å². The van der Waals surface area contributed by atoms with E-state index in [1.807, 2.05) is 72.8 Å². The van der Waals surface area contributed by atoms with Gasteiger partial charge in [-0.15, -0.1) is 0 Å². The summed E-state index contributed by atoms with van der Waals surface area (Å²) in [4.78, 5) is 14.8. The van der Waals surface area contributed by atoms with Gasteiger partial charge in [0.05, 0.1) is 0 Å². The molecule has 1 aliphatic rings. The van der Waals surface area contributed by atoms with Crippen molar-refractivity contribution in [2.45, 2.75) is 19.3 Å². The molecule has 4 nitrogen and oxygen atoms in total. The SMILES string of the molecule is CC1(C)c2ccc(-c3cccc(-c4cccc(-c5nc(-c6ccccc6)nc(-c6ccccc6)n5)c4)c3)cc2-c2cc3c(cc21)oc1ccccc13. The number of fused-ring (bicyclic) bond motifs is 6. The standard InChI is InChI=1S/C48H33N3O/c1-48(2)41-24-23-35(27-38(41)39-28-40-37-21-9-10-22-43(37)52-44(40)29-42(39)48)33-18-11-17-32(25-33)34-19-12-20-36(26-34)47-50-45(30-13-5-3-6-14-30)49-46(51-47)31-15-7-4-8-16-31/h3-29H,1-2H3. The average Bonchev–Trinajstić information content (AvgIpc) is 3.68. The summed E-state index contributed by atoms with van der Waals surface area (Å²) in [6, 6.07) is 57.3. The molecule has 1 aliphatic carbocycles. The van der Waals surface area contributed by atoms with Crippen molar-refractivity contribution >= 4 is 21.9 Å². The molecule has 246 valence electrons. The molecule has 7 aromatic carbocycles. The minimum atomic E-state index is -0.131. The number of nitrogens with zero attached hydrogens (tertiary/aromatic N) is 3. The Labute approximate surface area is 302 Å². The van der Waals surface area contributed by atoms with E-state index in [0.29, 0.717) is 17.5 Å². The van der Waals surface area contributed by atoms with Crippen molar-refractivity contribution in [2.75, 3.05) is 0 Å². The molecule has 2 aromatic heterocycles. The highest BCUT2D eigenvalue weighted by Gasteiger charge is 2.36. The molecule has 0 radical (unpaired) electrons. The summed E-state index contributed by atoms with van der Waals surface area (Å²) in [6.07, 6.45) is 0. The van der Waals surface area contributed by atoms with Crippen molar-refractivity contribution in [3.05, 3.63) is 175 Å². The molecule has 0 aliphatic heterocycles. The summed E-state index contributed by atoms with van der Waals surface area (Å²) in [5.74, 6) is 1.95. The predicted octanol–water partition coefficient (Wildman–Crippen LogP) is 12.4. The van der Waals surface area contributed by atoms with E-state index in [4.69, 9.17) is 19.4 Å². The van der Waals surface area contributed by atoms with E-state index in [-0.39, 0.29) is 5.41 Å². The van der Waals surface area contributed by atoms with Gasteiger partial charge in [-0.2, -0.15) is 0 Å². The Balaban J connectivity index is 1.04. The summed E-state index contributed by atoms with van der Waals surface area (Å²) in [5.41, 5.74) is 14.4. The largest absolute Gasteiger partial charge is 0.456 e. The third-order valence-electron chi connectivity index (χ3n) is 10.5. The molecule has 10 rings (SSSR count). The van der Waals surface area contributed by atoms with Crippen LogP contribution in [-0.4, -0.2) is 15.0 Å². The molecule has 2 heterocycles. The van der Waals surface area contributed by atoms with Gasteiger partial charge in [0.15, 0.2) is 17.5 Å². The maximum Gasteiger partial charge on any atom is 0.164 e. The molecule has 0 fully saturated rings. The highest BCUT2D eigenvalue weighted by molar-refractivity contribution is 6.08. The predicted molar refractivity (Wildman–Crippen MR) is 212 cm³/mol. The Hall–Kier alpha value is -6.65. The third-order valence-corrected chi connectivity index (χ3v) is 10.5. The molecule has 0 atom stereocenters. The number of rotatable bonds is 5. The van der Waals surface area contributed by atoms with Crippen LogP contribution in [0.3, 0.4) is 0 Å². The molecule has 4 heteroatoms. The fraction of sp³-hybridized carbons (Fsp3) is 0.0625. The highest BCUT2D eigenvalue weighted by Crippen LogP contribution is 2.51. The zero-order valence-electron chi connectivity index (χ0n) is 28.8. The molecule has 9 aromatic rings. The quantitative estimate of drug-likeness (QED) is 0.183. The second-order valence-electron chi connectivity index (χ2n) is 14.1. The number of para-hydroxylation sites is 1. The monoisotopic (exact) mass is 667 g/mol. The van der Waals surface area contributed by atoms with Gasteiger partial charge in [-0.3, -0.25) is 0 Å². The van der Waals surface area contributed by atoms with E-state index in [1.54, 1.807) is 0 Å². The molecule has 0 unspecified atom stereocenters. The molecule has 0 amide bonds. The Kier molecular flexibility index (Phi) is 6.80. The van der Waals surface area contributed by atoms with Crippen molar-refractivity contribution in [3.8, 4) is 67.5 Å². The van der Waals surface area contributed by atoms with Crippen LogP contribution in [-0.2, 0) is 5.41 Å². The van der Waals surface area contributed by atoms with Gasteiger partial charge in [0, 0.05) is 32.9 Å². The Morgan fingerprint density at radius 2 is 0.865 bits per heavy atom. The Morgan fingerprint density at radius 3 is 1.52 bits per heavy atom. The van der Waals surface area contributed by atoms with Crippen LogP contribution in [0, 0.1) is 0 Å². The van der Waals surface area contributed by atoms with Crippen molar-refractivity contribution in [2.24, 2.45) is 0 Å². The highest BCUT2D eigenvalue weighted by atomic mass is 16.3. The molecule has 0 spiro atoms. The first kappa shape index (κ1) is 30.2. The number of aromatic nitrogens is 3. The summed E-state index contributed by atoms with van der Waals surface area (Å²) >= 11 is 0. The number of hydrogen-bond acceptors (Lipinski definition) is 4. The summed E-state index contributed by atoms with van der Waals surface area (Å²) in [6.45, 7) is 4.63. The number of benzene rings is 7. The maximum atomic E-state index is 6.30. The smallest absolute Gasteiger partial charge is 0.164 e. The molecule has 0 saturated carbocycles. The first-order chi connectivity index (χ1) is 25.5. The van der Waals surface area contributed by atoms with Gasteiger partial charge in [0.2, 0.25) is 0 Å². The van der Waals surface area contributed by atoms with Gasteiger partial charge >= 0.3 is 0 Å². The number of hydrogen-bond donors (Lipinski definition) is 0. The van der Waals surface area contributed by atoms with Crippen LogP contribution in [0.5, 0.6) is 0 Å². The summed E-state index contributed by atoms with van der Waals surface area (Å²) in [5, 5.41) is 2.32. The maximum absolute atomic E-state index is 6.30. The molecule has 0 bridgehead atoms. The number of furan rings is 1. The van der Waals surface area contributed by atoms with Gasteiger partial charge in [0.1, 0.15) is 11.2 Å². The van der Waals surface area contributed by atoms with E-state index in [9.17, 15) is 0 Å². The van der Waals surface area contributed by atoms with E-state index in [1.165, 1.54) is 33.4 Å². The lowest BCUT2D eigenvalue weighted by molar-refractivity contribution is 0.647. The van der Waals surface area contributed by atoms with Gasteiger partial charge < -0.3 is 4.42 Å². The van der Waals surface area contributed by atoms with Crippen LogP contribution < -0.4 is 0 Å². The third kappa shape index (κ3) is 4.95. The topological polar surface area (TPSA) is 51.8 Å². The summed E-state index contributed by atoms with van der Waals surface area (Å²) < 4.78 is 6.30. The van der Waals surface area contributed by atoms with E-state index in [2.05, 4.69) is 105 Å². The van der Waals surface area contributed by atoms with E-state index >= 15 is 0 Å². The van der Waals surface area contributed by atoms with Gasteiger partial charge in [-0.25, -0.2) is 15.0 Å².